The fourth-order valence-electron chi connectivity index (χ4n) is 0. The van der Waals surface area contributed by atoms with E-state index in [0.29, 0.717) is 0 Å². The third-order valence-electron chi connectivity index (χ3n) is 0.341. The zero-order valence-corrected chi connectivity index (χ0v) is 11.3. The summed E-state index contributed by atoms with van der Waals surface area (Å²) in [6.07, 6.45) is 0. The van der Waals surface area contributed by atoms with Gasteiger partial charge in [0.05, 0.1) is 0 Å². The molecule has 0 atom stereocenters. The van der Waals surface area contributed by atoms with E-state index in [2.05, 4.69) is 79.6 Å². The molecule has 0 aliphatic heterocycles. The molecule has 0 rings (SSSR count). The summed E-state index contributed by atoms with van der Waals surface area (Å²) < 4.78 is -1.92. The minimum absolute atomic E-state index is 0.736. The van der Waals surface area contributed by atoms with Crippen molar-refractivity contribution in [1.82, 2.24) is 0 Å². The summed E-state index contributed by atoms with van der Waals surface area (Å²) in [5.41, 5.74) is 0. The first-order chi connectivity index (χ1) is 3.25. The van der Waals surface area contributed by atoms with Gasteiger partial charge in [-0.3, -0.25) is 0 Å². The normalized spacial score (nSPS) is 14.2. The average molecular weight is 441 g/mol. The summed E-state index contributed by atoms with van der Waals surface area (Å²) in [5, 5.41) is 9.05. The van der Waals surface area contributed by atoms with Crippen LogP contribution in [0.15, 0.2) is 0 Å². The molecule has 0 unspecified atom stereocenters. The van der Waals surface area contributed by atoms with Crippen molar-refractivity contribution in [3.8, 4) is 0 Å². The standard InChI is InChI=1S/C2HBr5O/c3-1(4,5)2(6,7)8/h8H. The topological polar surface area (TPSA) is 20.2 Å². The monoisotopic (exact) mass is 436 g/mol. The molecular weight excluding hydrogens is 440 g/mol. The van der Waals surface area contributed by atoms with E-state index >= 15 is 0 Å². The van der Waals surface area contributed by atoms with Gasteiger partial charge in [-0.15, -0.1) is 0 Å². The summed E-state index contributed by atoms with van der Waals surface area (Å²) in [5.74, 6) is 0. The van der Waals surface area contributed by atoms with E-state index in [1.807, 2.05) is 0 Å². The Hall–Kier alpha value is 2.36. The molecule has 50 valence electrons. The van der Waals surface area contributed by atoms with Crippen molar-refractivity contribution in [2.45, 2.75) is 5.56 Å². The maximum absolute atomic E-state index is 9.05. The van der Waals surface area contributed by atoms with Crippen molar-refractivity contribution < 1.29 is 5.11 Å². The third-order valence-corrected chi connectivity index (χ3v) is 6.44. The molecule has 0 aliphatic carbocycles. The van der Waals surface area contributed by atoms with E-state index in [4.69, 9.17) is 5.11 Å². The van der Waals surface area contributed by atoms with Crippen LogP contribution in [0.5, 0.6) is 0 Å². The summed E-state index contributed by atoms with van der Waals surface area (Å²) in [4.78, 5) is 0. The quantitative estimate of drug-likeness (QED) is 0.574. The Bertz CT molecular complexity index is 65.4. The second-order valence-electron chi connectivity index (χ2n) is 1.04. The van der Waals surface area contributed by atoms with Gasteiger partial charge in [-0.25, -0.2) is 0 Å². The maximum Gasteiger partial charge on any atom is 0.210 e. The smallest absolute Gasteiger partial charge is 0.210 e. The van der Waals surface area contributed by atoms with Crippen molar-refractivity contribution >= 4 is 79.6 Å². The lowest BCUT2D eigenvalue weighted by molar-refractivity contribution is 0.260. The van der Waals surface area contributed by atoms with Gasteiger partial charge in [0.25, 0.3) is 0 Å². The molecule has 8 heavy (non-hydrogen) atoms. The van der Waals surface area contributed by atoms with Crippen molar-refractivity contribution in [2.75, 3.05) is 0 Å². The van der Waals surface area contributed by atoms with E-state index in [0.717, 1.165) is 0 Å². The summed E-state index contributed by atoms with van der Waals surface area (Å²) in [7, 11) is 0. The second-order valence-corrected chi connectivity index (χ2v) is 11.2. The fraction of sp³-hybridized carbons (Fsp3) is 1.00. The van der Waals surface area contributed by atoms with Crippen molar-refractivity contribution in [3.05, 3.63) is 0 Å². The van der Waals surface area contributed by atoms with Crippen molar-refractivity contribution in [1.29, 1.82) is 0 Å². The highest BCUT2D eigenvalue weighted by Crippen LogP contribution is 2.50. The average Bonchev–Trinajstić information content (AvgIpc) is 1.25. The predicted octanol–water partition coefficient (Wildman–Crippen LogP) is 3.26. The van der Waals surface area contributed by atoms with E-state index in [9.17, 15) is 0 Å². The van der Waals surface area contributed by atoms with Crippen LogP contribution in [0.25, 0.3) is 0 Å². The summed E-state index contributed by atoms with van der Waals surface area (Å²) in [6.45, 7) is 0. The Kier molecular flexibility index (Phi) is 4.11. The van der Waals surface area contributed by atoms with Gasteiger partial charge in [-0.05, 0) is 31.9 Å². The number of rotatable bonds is 0. The van der Waals surface area contributed by atoms with Crippen LogP contribution in [0.4, 0.5) is 0 Å². The van der Waals surface area contributed by atoms with Gasteiger partial charge in [0, 0.05) is 0 Å². The van der Waals surface area contributed by atoms with Crippen LogP contribution in [-0.2, 0) is 0 Å². The molecule has 0 fully saturated rings. The van der Waals surface area contributed by atoms with Gasteiger partial charge in [-0.2, -0.15) is 0 Å². The SMILES string of the molecule is OC(Br)(Br)C(Br)(Br)Br. The molecule has 0 heterocycles. The van der Waals surface area contributed by atoms with Crippen molar-refractivity contribution in [3.63, 3.8) is 0 Å². The minimum Gasteiger partial charge on any atom is -0.367 e. The first-order valence-corrected chi connectivity index (χ1v) is 5.38. The fourth-order valence-corrected chi connectivity index (χ4v) is 0. The summed E-state index contributed by atoms with van der Waals surface area (Å²) in [6, 6.07) is 0. The number of halogens is 5. The lowest BCUT2D eigenvalue weighted by atomic mass is 10.9. The van der Waals surface area contributed by atoms with Gasteiger partial charge in [0.1, 0.15) is 0 Å². The highest BCUT2D eigenvalue weighted by molar-refractivity contribution is 9.41. The Labute approximate surface area is 89.2 Å². The maximum atomic E-state index is 9.05. The van der Waals surface area contributed by atoms with Crippen molar-refractivity contribution in [2.24, 2.45) is 0 Å². The Morgan fingerprint density at radius 3 is 1.00 bits per heavy atom. The lowest BCUT2D eigenvalue weighted by Gasteiger charge is -2.22. The van der Waals surface area contributed by atoms with Gasteiger partial charge in [0.2, 0.25) is 3.42 Å². The van der Waals surface area contributed by atoms with Crippen LogP contribution in [0.1, 0.15) is 0 Å². The van der Waals surface area contributed by atoms with Crippen LogP contribution in [0.2, 0.25) is 0 Å². The number of hydrogen-bond acceptors (Lipinski definition) is 1. The zero-order valence-electron chi connectivity index (χ0n) is 3.34. The molecule has 0 aliphatic rings. The molecular formula is C2HBr5O. The molecule has 0 saturated carbocycles. The lowest BCUT2D eigenvalue weighted by Crippen LogP contribution is -2.26. The van der Waals surface area contributed by atoms with Crippen LogP contribution in [0, 0.1) is 0 Å². The second kappa shape index (κ2) is 3.17. The molecule has 0 bridgehead atoms. The highest BCUT2D eigenvalue weighted by Gasteiger charge is 2.40. The molecule has 0 aromatic rings. The van der Waals surface area contributed by atoms with Crippen LogP contribution < -0.4 is 0 Å². The third kappa shape index (κ3) is 3.51. The number of alkyl halides is 5. The van der Waals surface area contributed by atoms with Gasteiger partial charge in [0.15, 0.2) is 2.14 Å². The van der Waals surface area contributed by atoms with Crippen LogP contribution in [-0.4, -0.2) is 10.7 Å². The Morgan fingerprint density at radius 2 is 1.00 bits per heavy atom. The molecule has 0 amide bonds. The van der Waals surface area contributed by atoms with Crippen LogP contribution >= 0.6 is 79.6 Å². The minimum atomic E-state index is -1.19. The Balaban J connectivity index is 4.02. The molecule has 0 aromatic heterocycles. The van der Waals surface area contributed by atoms with E-state index in [-0.39, 0.29) is 0 Å². The van der Waals surface area contributed by atoms with E-state index < -0.39 is 5.56 Å². The molecule has 1 nitrogen and oxygen atoms in total. The van der Waals surface area contributed by atoms with E-state index in [1.54, 1.807) is 0 Å². The molecule has 0 radical (unpaired) electrons. The largest absolute Gasteiger partial charge is 0.367 e. The van der Waals surface area contributed by atoms with Crippen LogP contribution in [0.3, 0.4) is 0 Å². The predicted molar refractivity (Wildman–Crippen MR) is 52.3 cm³/mol. The van der Waals surface area contributed by atoms with Gasteiger partial charge >= 0.3 is 0 Å². The molecule has 1 N–H and O–H groups in total. The summed E-state index contributed by atoms with van der Waals surface area (Å²) >= 11 is 15.1. The number of hydrogen-bond donors (Lipinski definition) is 1. The Morgan fingerprint density at radius 1 is 0.875 bits per heavy atom. The zero-order chi connectivity index (χ0) is 7.00. The number of aliphatic hydroxyl groups is 1. The van der Waals surface area contributed by atoms with Gasteiger partial charge in [-0.1, -0.05) is 47.8 Å². The molecule has 0 saturated heterocycles. The first kappa shape index (κ1) is 10.4. The molecule has 6 heteroatoms. The van der Waals surface area contributed by atoms with Gasteiger partial charge < -0.3 is 5.11 Å². The van der Waals surface area contributed by atoms with E-state index in [1.165, 1.54) is 0 Å². The highest BCUT2D eigenvalue weighted by atomic mass is 80.0. The first-order valence-electron chi connectivity index (χ1n) is 1.42. The molecule has 0 spiro atoms. The molecule has 0 aromatic carbocycles.